The van der Waals surface area contributed by atoms with Gasteiger partial charge in [0.25, 0.3) is 0 Å². The predicted octanol–water partition coefficient (Wildman–Crippen LogP) is 2.53. The minimum absolute atomic E-state index is 0.107. The number of hydrogen-bond donors (Lipinski definition) is 0. The average Bonchev–Trinajstić information content (AvgIpc) is 3.31. The van der Waals surface area contributed by atoms with Crippen LogP contribution in [0.15, 0.2) is 12.2 Å². The first-order chi connectivity index (χ1) is 10.8. The second-order valence-corrected chi connectivity index (χ2v) is 7.31. The van der Waals surface area contributed by atoms with Gasteiger partial charge in [-0.3, -0.25) is 4.79 Å². The first kappa shape index (κ1) is 14.7. The highest BCUT2D eigenvalue weighted by Crippen LogP contribution is 2.36. The first-order valence-corrected chi connectivity index (χ1v) is 9.01. The number of amides is 1. The fourth-order valence-corrected chi connectivity index (χ4v) is 4.16. The molecule has 1 amide bonds. The molecule has 0 unspecified atom stereocenters. The van der Waals surface area contributed by atoms with Crippen LogP contribution in [0.25, 0.3) is 0 Å². The molecule has 0 radical (unpaired) electrons. The Kier molecular flexibility index (Phi) is 4.23. The van der Waals surface area contributed by atoms with Gasteiger partial charge in [0.2, 0.25) is 5.91 Å². The molecule has 4 aliphatic rings. The van der Waals surface area contributed by atoms with E-state index in [0.29, 0.717) is 12.5 Å². The maximum Gasteiger partial charge on any atom is 0.226 e. The minimum Gasteiger partial charge on any atom is -0.375 e. The molecule has 0 aromatic carbocycles. The second-order valence-electron chi connectivity index (χ2n) is 7.31. The van der Waals surface area contributed by atoms with Crippen molar-refractivity contribution in [2.24, 2.45) is 11.8 Å². The fourth-order valence-electron chi connectivity index (χ4n) is 4.16. The van der Waals surface area contributed by atoms with Crippen molar-refractivity contribution in [3.05, 3.63) is 12.2 Å². The summed E-state index contributed by atoms with van der Waals surface area (Å²) in [5, 5.41) is 0. The van der Waals surface area contributed by atoms with Crippen molar-refractivity contribution in [3.63, 3.8) is 0 Å². The summed E-state index contributed by atoms with van der Waals surface area (Å²) in [6, 6.07) is 0.247. The van der Waals surface area contributed by atoms with Crippen molar-refractivity contribution in [1.82, 2.24) is 4.90 Å². The maximum atomic E-state index is 12.9. The van der Waals surface area contributed by atoms with Gasteiger partial charge in [-0.05, 0) is 50.9 Å². The molecule has 22 heavy (non-hydrogen) atoms. The third kappa shape index (κ3) is 2.95. The van der Waals surface area contributed by atoms with E-state index in [4.69, 9.17) is 9.47 Å². The average molecular weight is 305 g/mol. The standard InChI is InChI=1S/C18H27NO3/c20-18(14-4-2-1-3-5-14)19-10-11-21-17-15(19)8-9-16(17)22-12-13-6-7-13/h1-2,13-17H,3-12H2/t14-,15-,16-,17+/m0/s1. The Bertz CT molecular complexity index is 446. The van der Waals surface area contributed by atoms with Crippen LogP contribution in [0.5, 0.6) is 0 Å². The third-order valence-electron chi connectivity index (χ3n) is 5.68. The van der Waals surface area contributed by atoms with Crippen LogP contribution in [0.1, 0.15) is 44.9 Å². The van der Waals surface area contributed by atoms with E-state index in [1.807, 2.05) is 0 Å². The predicted molar refractivity (Wildman–Crippen MR) is 83.4 cm³/mol. The molecule has 1 heterocycles. The minimum atomic E-state index is 0.107. The molecule has 0 N–H and O–H groups in total. The van der Waals surface area contributed by atoms with Crippen molar-refractivity contribution >= 4 is 5.91 Å². The van der Waals surface area contributed by atoms with Gasteiger partial charge in [-0.2, -0.15) is 0 Å². The van der Waals surface area contributed by atoms with Gasteiger partial charge in [0, 0.05) is 19.1 Å². The van der Waals surface area contributed by atoms with E-state index in [2.05, 4.69) is 17.1 Å². The molecule has 0 aromatic rings. The van der Waals surface area contributed by atoms with Crippen LogP contribution in [-0.4, -0.2) is 48.8 Å². The van der Waals surface area contributed by atoms with Crippen LogP contribution in [-0.2, 0) is 14.3 Å². The quantitative estimate of drug-likeness (QED) is 0.749. The summed E-state index contributed by atoms with van der Waals surface area (Å²) < 4.78 is 12.1. The number of rotatable bonds is 4. The van der Waals surface area contributed by atoms with E-state index in [0.717, 1.165) is 51.2 Å². The number of carbonyl (C=O) groups excluding carboxylic acids is 1. The molecule has 4 atom stereocenters. The maximum absolute atomic E-state index is 12.9. The van der Waals surface area contributed by atoms with Gasteiger partial charge < -0.3 is 14.4 Å². The monoisotopic (exact) mass is 305 g/mol. The van der Waals surface area contributed by atoms with Crippen LogP contribution in [0, 0.1) is 11.8 Å². The summed E-state index contributed by atoms with van der Waals surface area (Å²) in [4.78, 5) is 15.0. The lowest BCUT2D eigenvalue weighted by molar-refractivity contribution is -0.155. The molecular weight excluding hydrogens is 278 g/mol. The van der Waals surface area contributed by atoms with Gasteiger partial charge >= 0.3 is 0 Å². The third-order valence-corrected chi connectivity index (χ3v) is 5.68. The van der Waals surface area contributed by atoms with Crippen molar-refractivity contribution in [1.29, 1.82) is 0 Å². The topological polar surface area (TPSA) is 38.8 Å². The number of allylic oxidation sites excluding steroid dienone is 2. The molecule has 4 nitrogen and oxygen atoms in total. The van der Waals surface area contributed by atoms with Gasteiger partial charge in [-0.25, -0.2) is 0 Å². The van der Waals surface area contributed by atoms with Crippen LogP contribution in [0.2, 0.25) is 0 Å². The molecule has 0 spiro atoms. The summed E-state index contributed by atoms with van der Waals surface area (Å²) >= 11 is 0. The van der Waals surface area contributed by atoms with E-state index in [-0.39, 0.29) is 24.2 Å². The van der Waals surface area contributed by atoms with Crippen LogP contribution in [0.4, 0.5) is 0 Å². The first-order valence-electron chi connectivity index (χ1n) is 9.01. The fraction of sp³-hybridized carbons (Fsp3) is 0.833. The Labute approximate surface area is 132 Å². The van der Waals surface area contributed by atoms with E-state index < -0.39 is 0 Å². The summed E-state index contributed by atoms with van der Waals surface area (Å²) in [5.41, 5.74) is 0. The highest BCUT2D eigenvalue weighted by atomic mass is 16.5. The highest BCUT2D eigenvalue weighted by Gasteiger charge is 2.46. The number of ether oxygens (including phenoxy) is 2. The Balaban J connectivity index is 1.39. The van der Waals surface area contributed by atoms with Crippen LogP contribution in [0.3, 0.4) is 0 Å². The van der Waals surface area contributed by atoms with Crippen LogP contribution < -0.4 is 0 Å². The van der Waals surface area contributed by atoms with E-state index in [9.17, 15) is 4.79 Å². The van der Waals surface area contributed by atoms with Gasteiger partial charge in [-0.1, -0.05) is 12.2 Å². The van der Waals surface area contributed by atoms with Gasteiger partial charge in [-0.15, -0.1) is 0 Å². The molecular formula is C18H27NO3. The lowest BCUT2D eigenvalue weighted by Gasteiger charge is -2.40. The number of fused-ring (bicyclic) bond motifs is 1. The highest BCUT2D eigenvalue weighted by molar-refractivity contribution is 5.79. The lowest BCUT2D eigenvalue weighted by atomic mass is 9.92. The SMILES string of the molecule is O=C([C@H]1CC=CCC1)N1CCO[C@H]2[C@@H](OCC3CC3)CC[C@@H]21. The molecule has 122 valence electrons. The van der Waals surface area contributed by atoms with Gasteiger partial charge in [0.15, 0.2) is 0 Å². The molecule has 3 aliphatic carbocycles. The molecule has 1 aliphatic heterocycles. The smallest absolute Gasteiger partial charge is 0.226 e. The van der Waals surface area contributed by atoms with Crippen molar-refractivity contribution in [2.75, 3.05) is 19.8 Å². The van der Waals surface area contributed by atoms with Crippen molar-refractivity contribution in [2.45, 2.75) is 63.2 Å². The normalized spacial score (nSPS) is 38.1. The molecule has 0 aromatic heterocycles. The van der Waals surface area contributed by atoms with E-state index in [1.165, 1.54) is 12.8 Å². The second kappa shape index (κ2) is 6.32. The molecule has 0 bridgehead atoms. The van der Waals surface area contributed by atoms with Crippen LogP contribution >= 0.6 is 0 Å². The summed E-state index contributed by atoms with van der Waals surface area (Å²) in [6.07, 6.45) is 12.3. The Morgan fingerprint density at radius 1 is 1.18 bits per heavy atom. The Morgan fingerprint density at radius 2 is 2.09 bits per heavy atom. The zero-order valence-corrected chi connectivity index (χ0v) is 13.3. The Hall–Kier alpha value is -0.870. The Morgan fingerprint density at radius 3 is 2.86 bits per heavy atom. The van der Waals surface area contributed by atoms with Gasteiger partial charge in [0.1, 0.15) is 6.10 Å². The summed E-state index contributed by atoms with van der Waals surface area (Å²) in [7, 11) is 0. The zero-order valence-electron chi connectivity index (χ0n) is 13.3. The van der Waals surface area contributed by atoms with Gasteiger partial charge in [0.05, 0.1) is 18.8 Å². The van der Waals surface area contributed by atoms with Crippen molar-refractivity contribution < 1.29 is 14.3 Å². The molecule has 4 rings (SSSR count). The van der Waals surface area contributed by atoms with E-state index >= 15 is 0 Å². The van der Waals surface area contributed by atoms with E-state index in [1.54, 1.807) is 0 Å². The number of hydrogen-bond acceptors (Lipinski definition) is 3. The number of carbonyl (C=O) groups is 1. The number of morpholine rings is 1. The molecule has 1 saturated heterocycles. The molecule has 3 fully saturated rings. The molecule has 4 heteroatoms. The lowest BCUT2D eigenvalue weighted by Crippen LogP contribution is -2.55. The summed E-state index contributed by atoms with van der Waals surface area (Å²) in [6.45, 7) is 2.31. The largest absolute Gasteiger partial charge is 0.375 e. The molecule has 2 saturated carbocycles. The summed E-state index contributed by atoms with van der Waals surface area (Å²) in [5.74, 6) is 1.33. The zero-order chi connectivity index (χ0) is 14.9. The number of nitrogens with zero attached hydrogens (tertiary/aromatic N) is 1. The van der Waals surface area contributed by atoms with Crippen molar-refractivity contribution in [3.8, 4) is 0 Å².